The molecule has 0 aliphatic heterocycles. The van der Waals surface area contributed by atoms with E-state index in [1.54, 1.807) is 0 Å². The summed E-state index contributed by atoms with van der Waals surface area (Å²) in [5.41, 5.74) is 0. The number of ether oxygens (including phenoxy) is 6. The molecule has 0 amide bonds. The van der Waals surface area contributed by atoms with E-state index in [4.69, 9.17) is 28.4 Å². The Morgan fingerprint density at radius 2 is 1.05 bits per heavy atom. The summed E-state index contributed by atoms with van der Waals surface area (Å²) in [6, 6.07) is 0. The van der Waals surface area contributed by atoms with Gasteiger partial charge in [-0.3, -0.25) is 9.59 Å². The number of rotatable bonds is 16. The zero-order valence-electron chi connectivity index (χ0n) is 25.7. The zero-order chi connectivity index (χ0) is 31.0. The molecular weight excluding hydrogens is 556 g/mol. The highest BCUT2D eigenvalue weighted by atomic mass is 16.6. The van der Waals surface area contributed by atoms with Crippen LogP contribution in [0.4, 0.5) is 0 Å². The Kier molecular flexibility index (Phi) is 15.2. The van der Waals surface area contributed by atoms with Crippen LogP contribution in [-0.4, -0.2) is 74.7 Å². The summed E-state index contributed by atoms with van der Waals surface area (Å²) in [7, 11) is 0. The number of carbonyl (C=O) groups is 4. The third kappa shape index (κ3) is 12.4. The summed E-state index contributed by atoms with van der Waals surface area (Å²) in [6.07, 6.45) is 11.8. The maximum atomic E-state index is 12.9. The molecule has 43 heavy (non-hydrogen) atoms. The molecule has 0 radical (unpaired) electrons. The van der Waals surface area contributed by atoms with Crippen LogP contribution in [0.5, 0.6) is 0 Å². The van der Waals surface area contributed by atoms with Crippen molar-refractivity contribution in [3.05, 3.63) is 25.3 Å². The van der Waals surface area contributed by atoms with Gasteiger partial charge in [-0.1, -0.05) is 20.1 Å². The Balaban J connectivity index is 1.25. The molecule has 10 nitrogen and oxygen atoms in total. The fourth-order valence-corrected chi connectivity index (χ4v) is 6.12. The van der Waals surface area contributed by atoms with Gasteiger partial charge in [0.05, 0.1) is 50.5 Å². The van der Waals surface area contributed by atoms with Crippen LogP contribution in [0.1, 0.15) is 90.4 Å². The van der Waals surface area contributed by atoms with Crippen molar-refractivity contribution in [2.75, 3.05) is 26.4 Å². The molecule has 0 aromatic heterocycles. The van der Waals surface area contributed by atoms with Crippen LogP contribution in [0.15, 0.2) is 25.3 Å². The molecule has 0 N–H and O–H groups in total. The van der Waals surface area contributed by atoms with Gasteiger partial charge >= 0.3 is 23.9 Å². The summed E-state index contributed by atoms with van der Waals surface area (Å²) in [6.45, 7) is 10.4. The monoisotopic (exact) mass is 606 g/mol. The van der Waals surface area contributed by atoms with E-state index >= 15 is 0 Å². The molecule has 3 aliphatic rings. The second-order valence-electron chi connectivity index (χ2n) is 12.0. The van der Waals surface area contributed by atoms with Gasteiger partial charge in [-0.2, -0.15) is 0 Å². The minimum atomic E-state index is -0.428. The molecule has 0 aromatic carbocycles. The van der Waals surface area contributed by atoms with Crippen LogP contribution in [-0.2, 0) is 47.6 Å². The standard InChI is InChI=1S/C33H50O10/c1-4-30(34)40-20-6-18-38-26-12-8-24(9-13-26)32(36)42-28-16-17-29(23(3)22-28)43-33(37)25-10-14-27(15-11-25)39-19-7-21-41-31(35)5-2/h4-5,23-29H,1-2,6-22H2,3H3. The highest BCUT2D eigenvalue weighted by Gasteiger charge is 2.36. The van der Waals surface area contributed by atoms with Crippen molar-refractivity contribution in [3.63, 3.8) is 0 Å². The van der Waals surface area contributed by atoms with Gasteiger partial charge in [-0.15, -0.1) is 0 Å². The van der Waals surface area contributed by atoms with Gasteiger partial charge in [-0.25, -0.2) is 9.59 Å². The fraction of sp³-hybridized carbons (Fsp3) is 0.758. The smallest absolute Gasteiger partial charge is 0.330 e. The number of hydrogen-bond donors (Lipinski definition) is 0. The van der Waals surface area contributed by atoms with Gasteiger partial charge in [0.15, 0.2) is 0 Å². The predicted octanol–water partition coefficient (Wildman–Crippen LogP) is 5.02. The molecule has 0 heterocycles. The van der Waals surface area contributed by atoms with E-state index in [1.807, 2.05) is 0 Å². The van der Waals surface area contributed by atoms with Crippen molar-refractivity contribution in [3.8, 4) is 0 Å². The Morgan fingerprint density at radius 1 is 0.605 bits per heavy atom. The lowest BCUT2D eigenvalue weighted by molar-refractivity contribution is -0.169. The van der Waals surface area contributed by atoms with Crippen LogP contribution >= 0.6 is 0 Å². The van der Waals surface area contributed by atoms with Gasteiger partial charge in [0.2, 0.25) is 0 Å². The first kappa shape index (κ1) is 34.8. The van der Waals surface area contributed by atoms with E-state index < -0.39 is 11.9 Å². The Morgan fingerprint density at radius 3 is 1.49 bits per heavy atom. The molecule has 3 saturated carbocycles. The van der Waals surface area contributed by atoms with Crippen molar-refractivity contribution >= 4 is 23.9 Å². The highest BCUT2D eigenvalue weighted by molar-refractivity contribution is 5.81. The van der Waals surface area contributed by atoms with Gasteiger partial charge in [0.1, 0.15) is 12.2 Å². The molecule has 10 heteroatoms. The molecule has 0 saturated heterocycles. The number of carbonyl (C=O) groups excluding carboxylic acids is 4. The maximum Gasteiger partial charge on any atom is 0.330 e. The molecule has 0 aromatic rings. The normalized spacial score (nSPS) is 29.1. The summed E-state index contributed by atoms with van der Waals surface area (Å²) >= 11 is 0. The lowest BCUT2D eigenvalue weighted by Gasteiger charge is -2.36. The minimum absolute atomic E-state index is 0.104. The van der Waals surface area contributed by atoms with Crippen molar-refractivity contribution in [1.29, 1.82) is 0 Å². The van der Waals surface area contributed by atoms with E-state index in [-0.39, 0.29) is 54.1 Å². The van der Waals surface area contributed by atoms with E-state index in [9.17, 15) is 19.2 Å². The van der Waals surface area contributed by atoms with Crippen LogP contribution in [0.25, 0.3) is 0 Å². The van der Waals surface area contributed by atoms with Gasteiger partial charge in [-0.05, 0) is 76.5 Å². The van der Waals surface area contributed by atoms with E-state index in [2.05, 4.69) is 20.1 Å². The maximum absolute atomic E-state index is 12.9. The third-order valence-corrected chi connectivity index (χ3v) is 8.71. The third-order valence-electron chi connectivity index (χ3n) is 8.71. The minimum Gasteiger partial charge on any atom is -0.462 e. The van der Waals surface area contributed by atoms with Crippen molar-refractivity contribution < 1.29 is 47.6 Å². The van der Waals surface area contributed by atoms with Gasteiger partial charge < -0.3 is 28.4 Å². The Hall–Kier alpha value is -2.72. The van der Waals surface area contributed by atoms with Crippen LogP contribution in [0, 0.1) is 17.8 Å². The topological polar surface area (TPSA) is 124 Å². The average molecular weight is 607 g/mol. The molecule has 3 rings (SSSR count). The summed E-state index contributed by atoms with van der Waals surface area (Å²) < 4.78 is 33.5. The summed E-state index contributed by atoms with van der Waals surface area (Å²) in [5.74, 6) is -1.19. The molecule has 3 unspecified atom stereocenters. The first-order valence-electron chi connectivity index (χ1n) is 16.0. The first-order chi connectivity index (χ1) is 20.8. The van der Waals surface area contributed by atoms with Crippen molar-refractivity contribution in [2.45, 2.75) is 115 Å². The highest BCUT2D eigenvalue weighted by Crippen LogP contribution is 2.34. The summed E-state index contributed by atoms with van der Waals surface area (Å²) in [5, 5.41) is 0. The molecule has 3 aliphatic carbocycles. The second kappa shape index (κ2) is 18.8. The Labute approximate surface area is 255 Å². The lowest BCUT2D eigenvalue weighted by atomic mass is 9.84. The first-order valence-corrected chi connectivity index (χ1v) is 16.0. The van der Waals surface area contributed by atoms with E-state index in [0.717, 1.165) is 63.5 Å². The second-order valence-corrected chi connectivity index (χ2v) is 12.0. The van der Waals surface area contributed by atoms with Gasteiger partial charge in [0.25, 0.3) is 0 Å². The fourth-order valence-electron chi connectivity index (χ4n) is 6.12. The van der Waals surface area contributed by atoms with E-state index in [0.29, 0.717) is 58.5 Å². The van der Waals surface area contributed by atoms with Crippen molar-refractivity contribution in [2.24, 2.45) is 17.8 Å². The van der Waals surface area contributed by atoms with Crippen molar-refractivity contribution in [1.82, 2.24) is 0 Å². The number of esters is 4. The van der Waals surface area contributed by atoms with Crippen LogP contribution < -0.4 is 0 Å². The summed E-state index contributed by atoms with van der Waals surface area (Å²) in [4.78, 5) is 47.9. The lowest BCUT2D eigenvalue weighted by Crippen LogP contribution is -2.39. The average Bonchev–Trinajstić information content (AvgIpc) is 3.02. The molecule has 3 fully saturated rings. The molecule has 0 spiro atoms. The molecule has 242 valence electrons. The predicted molar refractivity (Wildman–Crippen MR) is 158 cm³/mol. The van der Waals surface area contributed by atoms with E-state index in [1.165, 1.54) is 0 Å². The van der Waals surface area contributed by atoms with Crippen LogP contribution in [0.3, 0.4) is 0 Å². The zero-order valence-corrected chi connectivity index (χ0v) is 25.7. The molecule has 3 atom stereocenters. The SMILES string of the molecule is C=CC(=O)OCCCOC1CCC(C(=O)OC2CCC(OC(=O)C3CCC(OCCCOC(=O)C=C)CC3)C(C)C2)CC1. The van der Waals surface area contributed by atoms with Crippen LogP contribution in [0.2, 0.25) is 0 Å². The van der Waals surface area contributed by atoms with Gasteiger partial charge in [0, 0.05) is 25.0 Å². The quantitative estimate of drug-likeness (QED) is 0.102. The largest absolute Gasteiger partial charge is 0.462 e. The molecular formula is C33H50O10. The Bertz CT molecular complexity index is 917. The molecule has 0 bridgehead atoms. The number of hydrogen-bond acceptors (Lipinski definition) is 10.